The van der Waals surface area contributed by atoms with Crippen LogP contribution in [0.3, 0.4) is 0 Å². The Kier molecular flexibility index (Phi) is 15.0. The molecule has 348 valence electrons. The zero-order valence-electron chi connectivity index (χ0n) is 37.8. The molecule has 68 heavy (non-hydrogen) atoms. The highest BCUT2D eigenvalue weighted by Crippen LogP contribution is 2.41. The number of carbonyl (C=O) groups is 6. The van der Waals surface area contributed by atoms with E-state index in [-0.39, 0.29) is 108 Å². The summed E-state index contributed by atoms with van der Waals surface area (Å²) in [4.78, 5) is 79.4. The van der Waals surface area contributed by atoms with Crippen LogP contribution in [0.15, 0.2) is 109 Å². The third kappa shape index (κ3) is 11.4. The molecule has 8 bridgehead atoms. The maximum absolute atomic E-state index is 14.0. The number of carbonyl (C=O) groups excluding carboxylic acids is 6. The minimum Gasteiger partial charge on any atom is -0.507 e. The first-order chi connectivity index (χ1) is 32.7. The molecule has 6 aromatic rings. The molecule has 14 heteroatoms. The minimum atomic E-state index is -0.712. The van der Waals surface area contributed by atoms with Gasteiger partial charge in [-0.05, 0) is 68.8 Å². The number of hydrogen-bond donors (Lipinski definition) is 2. The molecule has 1 aliphatic rings. The van der Waals surface area contributed by atoms with Gasteiger partial charge < -0.3 is 38.6 Å². The lowest BCUT2D eigenvalue weighted by Crippen LogP contribution is -2.15. The van der Waals surface area contributed by atoms with Gasteiger partial charge in [0.1, 0.15) is 23.0 Å². The quantitative estimate of drug-likeness (QED) is 0.0717. The Morgan fingerprint density at radius 3 is 0.853 bits per heavy atom. The summed E-state index contributed by atoms with van der Waals surface area (Å²) < 4.78 is 32.7. The summed E-state index contributed by atoms with van der Waals surface area (Å²) in [5.74, 6) is -3.95. The molecule has 0 unspecified atom stereocenters. The smallest absolute Gasteiger partial charge is 0.343 e. The fourth-order valence-corrected chi connectivity index (χ4v) is 8.28. The van der Waals surface area contributed by atoms with E-state index in [4.69, 9.17) is 28.4 Å². The number of methoxy groups -OCH3 is 4. The summed E-state index contributed by atoms with van der Waals surface area (Å²) in [7, 11) is 5.02. The van der Waals surface area contributed by atoms with Gasteiger partial charge in [-0.25, -0.2) is 9.59 Å². The van der Waals surface area contributed by atoms with Gasteiger partial charge in [0.25, 0.3) is 0 Å². The number of rotatable bonds is 12. The van der Waals surface area contributed by atoms with Crippen LogP contribution in [0.5, 0.6) is 23.0 Å². The Balaban J connectivity index is 1.55. The van der Waals surface area contributed by atoms with E-state index in [0.29, 0.717) is 44.5 Å². The summed E-state index contributed by atoms with van der Waals surface area (Å²) in [6.07, 6.45) is -1.32. The van der Waals surface area contributed by atoms with Gasteiger partial charge >= 0.3 is 35.8 Å². The fourth-order valence-electron chi connectivity index (χ4n) is 8.28. The van der Waals surface area contributed by atoms with Gasteiger partial charge in [-0.2, -0.15) is 0 Å². The van der Waals surface area contributed by atoms with Crippen molar-refractivity contribution in [2.45, 2.75) is 51.4 Å². The van der Waals surface area contributed by atoms with Gasteiger partial charge in [-0.15, -0.1) is 0 Å². The second-order valence-electron chi connectivity index (χ2n) is 16.2. The van der Waals surface area contributed by atoms with Gasteiger partial charge in [-0.1, -0.05) is 84.9 Å². The van der Waals surface area contributed by atoms with Crippen molar-refractivity contribution >= 4 is 35.8 Å². The minimum absolute atomic E-state index is 0.0750. The molecule has 0 aromatic heterocycles. The molecule has 0 saturated carbocycles. The number of phenolic OH excluding ortho intramolecular Hbond substituents is 2. The number of fused-ring (bicyclic) bond motifs is 8. The predicted octanol–water partition coefficient (Wildman–Crippen LogP) is 7.07. The van der Waals surface area contributed by atoms with Gasteiger partial charge in [-0.3, -0.25) is 19.2 Å². The normalized spacial score (nSPS) is 11.7. The Morgan fingerprint density at radius 1 is 0.382 bits per heavy atom. The van der Waals surface area contributed by atoms with Crippen LogP contribution in [0.1, 0.15) is 87.5 Å². The molecule has 0 spiro atoms. The van der Waals surface area contributed by atoms with E-state index in [2.05, 4.69) is 0 Å². The summed E-state index contributed by atoms with van der Waals surface area (Å²) in [5, 5.41) is 24.7. The lowest BCUT2D eigenvalue weighted by molar-refractivity contribution is -0.140. The van der Waals surface area contributed by atoms with Gasteiger partial charge in [0.15, 0.2) is 0 Å². The second kappa shape index (κ2) is 21.4. The molecule has 0 saturated heterocycles. The van der Waals surface area contributed by atoms with Crippen LogP contribution in [0.25, 0.3) is 0 Å². The van der Waals surface area contributed by atoms with E-state index >= 15 is 0 Å². The van der Waals surface area contributed by atoms with Crippen molar-refractivity contribution in [2.24, 2.45) is 0 Å². The second-order valence-corrected chi connectivity index (χ2v) is 16.2. The Bertz CT molecular complexity index is 2620. The highest BCUT2D eigenvalue weighted by molar-refractivity contribution is 5.92. The molecule has 2 N–H and O–H groups in total. The lowest BCUT2D eigenvalue weighted by atomic mass is 9.87. The van der Waals surface area contributed by atoms with Crippen LogP contribution < -0.4 is 9.47 Å². The topological polar surface area (TPSA) is 198 Å². The molecule has 14 nitrogen and oxygen atoms in total. The van der Waals surface area contributed by atoms with Crippen molar-refractivity contribution in [3.05, 3.63) is 187 Å². The standard InChI is InChI=1S/C54H48O14/c1-63-45(55)23-31-15-37-27-41-19-33(25-47(57)65-3)21-43(51(41)67-53(61)35-11-7-5-8-12-35)29-39-17-32(24-46(56)64-2)18-40(50(39)60)30-44-22-34(26-48(58)66-4)20-42(28-38(16-31)49(37)59)52(44)68-54(62)36-13-9-6-10-14-36/h5-22,59-60H,23-30H2,1-4H3. The maximum Gasteiger partial charge on any atom is 0.343 e. The number of esters is 6. The SMILES string of the molecule is COC(=O)Cc1cc2c(O)c(c1)Cc1cc(CC(=O)OC)cc(c1OC(=O)c1ccccc1)Cc1cc(CC(=O)OC)cc(c1O)Cc1cc(CC(=O)OC)cc(c1OC(=O)c1ccccc1)C2. The molecule has 7 rings (SSSR count). The van der Waals surface area contributed by atoms with E-state index in [9.17, 15) is 39.0 Å². The molecular weight excluding hydrogens is 873 g/mol. The number of ether oxygens (including phenoxy) is 6. The van der Waals surface area contributed by atoms with Crippen molar-refractivity contribution in [3.63, 3.8) is 0 Å². The van der Waals surface area contributed by atoms with Crippen molar-refractivity contribution in [3.8, 4) is 23.0 Å². The molecule has 0 fully saturated rings. The molecule has 0 heterocycles. The Hall–Kier alpha value is -8.26. The molecule has 0 radical (unpaired) electrons. The van der Waals surface area contributed by atoms with Gasteiger partial charge in [0, 0.05) is 47.9 Å². The molecular formula is C54H48O14. The van der Waals surface area contributed by atoms with E-state index in [1.807, 2.05) is 0 Å². The highest BCUT2D eigenvalue weighted by Gasteiger charge is 2.27. The average molecular weight is 921 g/mol. The van der Waals surface area contributed by atoms with Crippen LogP contribution in [0.4, 0.5) is 0 Å². The zero-order chi connectivity index (χ0) is 48.5. The van der Waals surface area contributed by atoms with Crippen LogP contribution in [0, 0.1) is 0 Å². The van der Waals surface area contributed by atoms with Crippen LogP contribution in [0.2, 0.25) is 0 Å². The molecule has 0 atom stereocenters. The van der Waals surface area contributed by atoms with E-state index in [0.717, 1.165) is 0 Å². The third-order valence-electron chi connectivity index (χ3n) is 11.5. The van der Waals surface area contributed by atoms with Gasteiger partial charge in [0.2, 0.25) is 0 Å². The van der Waals surface area contributed by atoms with Crippen LogP contribution >= 0.6 is 0 Å². The van der Waals surface area contributed by atoms with Crippen molar-refractivity contribution in [2.75, 3.05) is 28.4 Å². The van der Waals surface area contributed by atoms with E-state index < -0.39 is 35.8 Å². The largest absolute Gasteiger partial charge is 0.507 e. The highest BCUT2D eigenvalue weighted by atomic mass is 16.5. The molecule has 1 aliphatic carbocycles. The van der Waals surface area contributed by atoms with Crippen LogP contribution in [-0.4, -0.2) is 74.5 Å². The van der Waals surface area contributed by atoms with Crippen molar-refractivity contribution in [1.82, 2.24) is 0 Å². The Labute approximate surface area is 392 Å². The summed E-state index contributed by atoms with van der Waals surface area (Å²) >= 11 is 0. The maximum atomic E-state index is 14.0. The molecule has 0 amide bonds. The van der Waals surface area contributed by atoms with E-state index in [1.54, 1.807) is 109 Å². The number of benzene rings is 6. The number of phenols is 2. The number of aromatic hydroxyl groups is 2. The van der Waals surface area contributed by atoms with Crippen molar-refractivity contribution in [1.29, 1.82) is 0 Å². The predicted molar refractivity (Wildman–Crippen MR) is 246 cm³/mol. The molecule has 6 aromatic carbocycles. The van der Waals surface area contributed by atoms with Crippen molar-refractivity contribution < 1.29 is 67.4 Å². The monoisotopic (exact) mass is 920 g/mol. The third-order valence-corrected chi connectivity index (χ3v) is 11.5. The van der Waals surface area contributed by atoms with Crippen LogP contribution in [-0.2, 0) is 89.5 Å². The fraction of sp³-hybridized carbons (Fsp3) is 0.222. The zero-order valence-corrected chi connectivity index (χ0v) is 37.8. The summed E-state index contributed by atoms with van der Waals surface area (Å²) in [6.45, 7) is 0. The average Bonchev–Trinajstić information content (AvgIpc) is 3.33. The molecule has 0 aliphatic heterocycles. The Morgan fingerprint density at radius 2 is 0.618 bits per heavy atom. The lowest BCUT2D eigenvalue weighted by Gasteiger charge is -2.22. The summed E-state index contributed by atoms with van der Waals surface area (Å²) in [5.41, 5.74) is 4.79. The van der Waals surface area contributed by atoms with E-state index in [1.165, 1.54) is 28.4 Å². The first-order valence-corrected chi connectivity index (χ1v) is 21.5. The number of hydrogen-bond acceptors (Lipinski definition) is 14. The first kappa shape index (κ1) is 47.7. The summed E-state index contributed by atoms with van der Waals surface area (Å²) in [6, 6.07) is 29.7. The first-order valence-electron chi connectivity index (χ1n) is 21.5. The van der Waals surface area contributed by atoms with Gasteiger partial charge in [0.05, 0.1) is 65.2 Å².